The summed E-state index contributed by atoms with van der Waals surface area (Å²) in [5.74, 6) is -0.746. The maximum Gasteiger partial charge on any atom is 0.158 e. The van der Waals surface area contributed by atoms with Crippen LogP contribution in [0.5, 0.6) is 23.0 Å². The van der Waals surface area contributed by atoms with E-state index in [-0.39, 0.29) is 23.0 Å². The van der Waals surface area contributed by atoms with E-state index in [1.165, 1.54) is 24.3 Å². The number of hydrogen-bond acceptors (Lipinski definition) is 6. The van der Waals surface area contributed by atoms with Crippen molar-refractivity contribution < 1.29 is 20.4 Å². The quantitative estimate of drug-likeness (QED) is 0.634. The van der Waals surface area contributed by atoms with Gasteiger partial charge in [0.25, 0.3) is 0 Å². The molecule has 0 aromatic heterocycles. The van der Waals surface area contributed by atoms with Gasteiger partial charge in [-0.25, -0.2) is 0 Å². The zero-order valence-corrected chi connectivity index (χ0v) is 11.6. The number of phenols is 4. The largest absolute Gasteiger partial charge is 0.504 e. The number of aromatic hydroxyl groups is 4. The van der Waals surface area contributed by atoms with Crippen LogP contribution in [0, 0.1) is 0 Å². The van der Waals surface area contributed by atoms with E-state index in [0.29, 0.717) is 35.6 Å². The Morgan fingerprint density at radius 1 is 0.591 bits per heavy atom. The summed E-state index contributed by atoms with van der Waals surface area (Å²) in [5.41, 5.74) is 2.82. The molecule has 0 aliphatic carbocycles. The van der Waals surface area contributed by atoms with Gasteiger partial charge in [-0.05, 0) is 36.4 Å². The first kappa shape index (κ1) is 13.9. The molecule has 3 rings (SSSR count). The minimum atomic E-state index is -0.196. The number of hydrogen-bond donors (Lipinski definition) is 4. The van der Waals surface area contributed by atoms with Crippen molar-refractivity contribution in [2.45, 2.75) is 0 Å². The third kappa shape index (κ3) is 2.58. The van der Waals surface area contributed by atoms with E-state index in [0.717, 1.165) is 0 Å². The van der Waals surface area contributed by atoms with Crippen LogP contribution in [-0.4, -0.2) is 44.9 Å². The Morgan fingerprint density at radius 2 is 1.00 bits per heavy atom. The Bertz CT molecular complexity index is 729. The van der Waals surface area contributed by atoms with Crippen LogP contribution in [0.3, 0.4) is 0 Å². The molecule has 112 valence electrons. The van der Waals surface area contributed by atoms with E-state index in [1.54, 1.807) is 12.1 Å². The number of rotatable bonds is 2. The summed E-state index contributed by atoms with van der Waals surface area (Å²) in [5, 5.41) is 37.7. The van der Waals surface area contributed by atoms with Crippen LogP contribution < -0.4 is 0 Å². The van der Waals surface area contributed by atoms with Crippen LogP contribution in [0.15, 0.2) is 46.4 Å². The number of aliphatic imine (C=N–C) groups is 2. The Kier molecular flexibility index (Phi) is 3.42. The Morgan fingerprint density at radius 3 is 1.32 bits per heavy atom. The molecule has 6 heteroatoms. The Balaban J connectivity index is 1.81. The first-order valence-corrected chi connectivity index (χ1v) is 6.66. The maximum atomic E-state index is 9.52. The van der Waals surface area contributed by atoms with Gasteiger partial charge in [-0.15, -0.1) is 0 Å². The molecule has 2 aromatic carbocycles. The van der Waals surface area contributed by atoms with Crippen LogP contribution in [0.25, 0.3) is 0 Å². The average molecular weight is 298 g/mol. The van der Waals surface area contributed by atoms with E-state index in [9.17, 15) is 20.4 Å². The van der Waals surface area contributed by atoms with Crippen molar-refractivity contribution in [1.82, 2.24) is 0 Å². The fourth-order valence-corrected chi connectivity index (χ4v) is 2.21. The first-order chi connectivity index (χ1) is 10.5. The van der Waals surface area contributed by atoms with Gasteiger partial charge in [-0.2, -0.15) is 0 Å². The van der Waals surface area contributed by atoms with Gasteiger partial charge in [0.15, 0.2) is 23.0 Å². The molecule has 22 heavy (non-hydrogen) atoms. The Hall–Kier alpha value is -3.02. The second kappa shape index (κ2) is 5.40. The summed E-state index contributed by atoms with van der Waals surface area (Å²) < 4.78 is 0. The fourth-order valence-electron chi connectivity index (χ4n) is 2.21. The molecule has 0 atom stereocenters. The molecular weight excluding hydrogens is 284 g/mol. The molecule has 0 saturated carbocycles. The zero-order valence-electron chi connectivity index (χ0n) is 11.6. The minimum Gasteiger partial charge on any atom is -0.504 e. The predicted molar refractivity (Wildman–Crippen MR) is 82.4 cm³/mol. The maximum absolute atomic E-state index is 9.52. The smallest absolute Gasteiger partial charge is 0.158 e. The van der Waals surface area contributed by atoms with E-state index in [4.69, 9.17) is 0 Å². The summed E-state index contributed by atoms with van der Waals surface area (Å²) in [6.45, 7) is 0.669. The lowest BCUT2D eigenvalue weighted by molar-refractivity contribution is 0.403. The van der Waals surface area contributed by atoms with Crippen LogP contribution in [0.4, 0.5) is 0 Å². The topological polar surface area (TPSA) is 106 Å². The van der Waals surface area contributed by atoms with Crippen molar-refractivity contribution in [3.63, 3.8) is 0 Å². The molecule has 2 aromatic rings. The van der Waals surface area contributed by atoms with Crippen molar-refractivity contribution in [3.8, 4) is 23.0 Å². The molecule has 0 spiro atoms. The van der Waals surface area contributed by atoms with E-state index in [2.05, 4.69) is 9.98 Å². The molecule has 6 nitrogen and oxygen atoms in total. The number of benzene rings is 2. The lowest BCUT2D eigenvalue weighted by atomic mass is 10.1. The van der Waals surface area contributed by atoms with Gasteiger partial charge < -0.3 is 20.4 Å². The van der Waals surface area contributed by atoms with E-state index in [1.807, 2.05) is 0 Å². The summed E-state index contributed by atoms with van der Waals surface area (Å²) >= 11 is 0. The average Bonchev–Trinajstić information content (AvgIpc) is 2.53. The summed E-state index contributed by atoms with van der Waals surface area (Å²) in [4.78, 5) is 8.86. The standard InChI is InChI=1S/C16H14N2O4/c19-13-3-1-9(5-15(13)21)11-7-18-12(8-17-11)10-2-4-14(20)16(22)6-10/h1-6,19-22H,7-8H2. The minimum absolute atomic E-state index is 0.177. The lowest BCUT2D eigenvalue weighted by Gasteiger charge is -2.14. The Labute approximate surface area is 126 Å². The monoisotopic (exact) mass is 298 g/mol. The van der Waals surface area contributed by atoms with Gasteiger partial charge in [0, 0.05) is 11.1 Å². The van der Waals surface area contributed by atoms with E-state index < -0.39 is 0 Å². The van der Waals surface area contributed by atoms with Crippen LogP contribution in [0.1, 0.15) is 11.1 Å². The molecule has 1 heterocycles. The highest BCUT2D eigenvalue weighted by Crippen LogP contribution is 2.27. The highest BCUT2D eigenvalue weighted by Gasteiger charge is 2.14. The molecule has 0 bridgehead atoms. The highest BCUT2D eigenvalue weighted by molar-refractivity contribution is 6.11. The summed E-state index contributed by atoms with van der Waals surface area (Å²) in [6.07, 6.45) is 0. The molecule has 0 radical (unpaired) electrons. The van der Waals surface area contributed by atoms with Crippen LogP contribution in [-0.2, 0) is 0 Å². The third-order valence-corrected chi connectivity index (χ3v) is 3.46. The molecule has 1 aliphatic rings. The van der Waals surface area contributed by atoms with Crippen molar-refractivity contribution in [2.24, 2.45) is 9.98 Å². The zero-order chi connectivity index (χ0) is 15.7. The highest BCUT2D eigenvalue weighted by atomic mass is 16.3. The third-order valence-electron chi connectivity index (χ3n) is 3.46. The lowest BCUT2D eigenvalue weighted by Crippen LogP contribution is -2.18. The van der Waals surface area contributed by atoms with Gasteiger partial charge in [-0.1, -0.05) is 0 Å². The SMILES string of the molecule is Oc1ccc(C2=NCC(c3ccc(O)c(O)c3)=NC2)cc1O. The number of phenolic OH excluding ortho intramolecular Hbond substituents is 4. The van der Waals surface area contributed by atoms with Gasteiger partial charge in [0.2, 0.25) is 0 Å². The predicted octanol–water partition coefficient (Wildman–Crippen LogP) is 1.80. The molecule has 0 amide bonds. The number of nitrogens with zero attached hydrogens (tertiary/aromatic N) is 2. The van der Waals surface area contributed by atoms with E-state index >= 15 is 0 Å². The van der Waals surface area contributed by atoms with Gasteiger partial charge in [-0.3, -0.25) is 9.98 Å². The van der Waals surface area contributed by atoms with Gasteiger partial charge in [0.05, 0.1) is 24.5 Å². The van der Waals surface area contributed by atoms with Crippen molar-refractivity contribution in [2.75, 3.05) is 13.1 Å². The normalized spacial score (nSPS) is 14.4. The summed E-state index contributed by atoms with van der Waals surface area (Å²) in [6, 6.07) is 9.04. The van der Waals surface area contributed by atoms with Crippen LogP contribution >= 0.6 is 0 Å². The van der Waals surface area contributed by atoms with Gasteiger partial charge >= 0.3 is 0 Å². The van der Waals surface area contributed by atoms with Crippen molar-refractivity contribution >= 4 is 11.4 Å². The fraction of sp³-hybridized carbons (Fsp3) is 0.125. The molecule has 4 N–H and O–H groups in total. The molecule has 1 aliphatic heterocycles. The summed E-state index contributed by atoms with van der Waals surface area (Å²) in [7, 11) is 0. The van der Waals surface area contributed by atoms with Crippen molar-refractivity contribution in [3.05, 3.63) is 47.5 Å². The molecule has 0 unspecified atom stereocenters. The molecule has 0 fully saturated rings. The first-order valence-electron chi connectivity index (χ1n) is 6.66. The second-order valence-corrected chi connectivity index (χ2v) is 4.93. The molecular formula is C16H14N2O4. The van der Waals surface area contributed by atoms with Gasteiger partial charge in [0.1, 0.15) is 0 Å². The van der Waals surface area contributed by atoms with Crippen molar-refractivity contribution in [1.29, 1.82) is 0 Å². The molecule has 0 saturated heterocycles. The van der Waals surface area contributed by atoms with Crippen LogP contribution in [0.2, 0.25) is 0 Å². The second-order valence-electron chi connectivity index (χ2n) is 4.93.